The second kappa shape index (κ2) is 6.75. The van der Waals surface area contributed by atoms with Gasteiger partial charge < -0.3 is 15.2 Å². The van der Waals surface area contributed by atoms with Crippen molar-refractivity contribution in [2.45, 2.75) is 13.0 Å². The van der Waals surface area contributed by atoms with E-state index in [1.807, 2.05) is 0 Å². The van der Waals surface area contributed by atoms with Gasteiger partial charge in [0.1, 0.15) is 5.82 Å². The third-order valence-electron chi connectivity index (χ3n) is 2.62. The lowest BCUT2D eigenvalue weighted by atomic mass is 10.1. The van der Waals surface area contributed by atoms with Crippen molar-refractivity contribution in [2.75, 3.05) is 13.7 Å². The van der Waals surface area contributed by atoms with Crippen LogP contribution in [0.25, 0.3) is 0 Å². The molecule has 0 aromatic heterocycles. The zero-order valence-corrected chi connectivity index (χ0v) is 11.3. The molecule has 0 spiro atoms. The minimum atomic E-state index is -1.61. The Labute approximate surface area is 118 Å². The van der Waals surface area contributed by atoms with E-state index in [9.17, 15) is 29.2 Å². The number of aliphatic hydroxyl groups excluding tert-OH is 1. The minimum absolute atomic E-state index is 0.0668. The van der Waals surface area contributed by atoms with Crippen LogP contribution < -0.4 is 5.32 Å². The number of nitro groups is 1. The summed E-state index contributed by atoms with van der Waals surface area (Å²) >= 11 is 0. The van der Waals surface area contributed by atoms with E-state index in [-0.39, 0.29) is 5.56 Å². The molecule has 114 valence electrons. The van der Waals surface area contributed by atoms with E-state index in [1.54, 1.807) is 0 Å². The lowest BCUT2D eigenvalue weighted by molar-refractivity contribution is -0.385. The molecular weight excluding hydrogens is 287 g/mol. The van der Waals surface area contributed by atoms with Gasteiger partial charge in [0.25, 0.3) is 11.6 Å². The molecule has 0 bridgehead atoms. The highest BCUT2D eigenvalue weighted by atomic mass is 19.1. The number of esters is 1. The van der Waals surface area contributed by atoms with Crippen LogP contribution in [-0.4, -0.2) is 41.7 Å². The average molecular weight is 300 g/mol. The van der Waals surface area contributed by atoms with Crippen LogP contribution in [0, 0.1) is 22.9 Å². The van der Waals surface area contributed by atoms with Crippen molar-refractivity contribution in [1.29, 1.82) is 0 Å². The van der Waals surface area contributed by atoms with Crippen molar-refractivity contribution in [1.82, 2.24) is 5.32 Å². The van der Waals surface area contributed by atoms with Crippen LogP contribution in [0.15, 0.2) is 12.1 Å². The van der Waals surface area contributed by atoms with Gasteiger partial charge in [-0.2, -0.15) is 0 Å². The first-order valence-corrected chi connectivity index (χ1v) is 5.76. The summed E-state index contributed by atoms with van der Waals surface area (Å²) in [5.41, 5.74) is -1.05. The fourth-order valence-corrected chi connectivity index (χ4v) is 1.53. The molecule has 9 heteroatoms. The number of ether oxygens (including phenoxy) is 1. The third-order valence-corrected chi connectivity index (χ3v) is 2.62. The summed E-state index contributed by atoms with van der Waals surface area (Å²) in [6.07, 6.45) is -1.61. The van der Waals surface area contributed by atoms with Crippen LogP contribution in [0.4, 0.5) is 10.1 Å². The number of hydrogen-bond donors (Lipinski definition) is 2. The van der Waals surface area contributed by atoms with Crippen LogP contribution in [0.3, 0.4) is 0 Å². The Kier molecular flexibility index (Phi) is 5.30. The highest BCUT2D eigenvalue weighted by molar-refractivity contribution is 5.95. The van der Waals surface area contributed by atoms with Crippen LogP contribution >= 0.6 is 0 Å². The highest BCUT2D eigenvalue weighted by Gasteiger charge is 2.22. The number of aliphatic hydroxyl groups is 1. The van der Waals surface area contributed by atoms with Gasteiger partial charge in [0.15, 0.2) is 6.10 Å². The molecule has 0 fully saturated rings. The summed E-state index contributed by atoms with van der Waals surface area (Å²) in [7, 11) is 1.05. The third kappa shape index (κ3) is 3.96. The first kappa shape index (κ1) is 16.5. The molecule has 1 aromatic rings. The zero-order chi connectivity index (χ0) is 16.2. The largest absolute Gasteiger partial charge is 0.467 e. The summed E-state index contributed by atoms with van der Waals surface area (Å²) in [4.78, 5) is 32.6. The molecule has 0 heterocycles. The fourth-order valence-electron chi connectivity index (χ4n) is 1.53. The van der Waals surface area contributed by atoms with Gasteiger partial charge in [-0.1, -0.05) is 0 Å². The number of benzene rings is 1. The molecule has 0 saturated carbocycles. The maximum Gasteiger partial charge on any atom is 0.336 e. The van der Waals surface area contributed by atoms with Gasteiger partial charge in [-0.05, 0) is 12.5 Å². The van der Waals surface area contributed by atoms with Crippen molar-refractivity contribution >= 4 is 17.6 Å². The summed E-state index contributed by atoms with van der Waals surface area (Å²) in [5.74, 6) is -2.86. The number of carbonyl (C=O) groups is 2. The number of aryl methyl sites for hydroxylation is 1. The quantitative estimate of drug-likeness (QED) is 0.459. The van der Waals surface area contributed by atoms with Crippen LogP contribution in [-0.2, 0) is 9.53 Å². The molecule has 2 N–H and O–H groups in total. The van der Waals surface area contributed by atoms with Gasteiger partial charge in [0, 0.05) is 12.1 Å². The molecule has 0 aliphatic rings. The van der Waals surface area contributed by atoms with E-state index in [0.717, 1.165) is 19.2 Å². The van der Waals surface area contributed by atoms with Gasteiger partial charge in [0.2, 0.25) is 0 Å². The molecule has 1 aromatic carbocycles. The van der Waals surface area contributed by atoms with Crippen molar-refractivity contribution in [3.05, 3.63) is 39.2 Å². The number of nitro benzene ring substituents is 1. The summed E-state index contributed by atoms with van der Waals surface area (Å²) in [6, 6.07) is 1.78. The lowest BCUT2D eigenvalue weighted by Gasteiger charge is -2.10. The predicted octanol–water partition coefficient (Wildman–Crippen LogP) is 0.306. The minimum Gasteiger partial charge on any atom is -0.467 e. The molecular formula is C12H13FN2O6. The maximum absolute atomic E-state index is 13.8. The van der Waals surface area contributed by atoms with Gasteiger partial charge in [-0.3, -0.25) is 14.9 Å². The van der Waals surface area contributed by atoms with E-state index >= 15 is 0 Å². The Morgan fingerprint density at radius 2 is 2.14 bits per heavy atom. The van der Waals surface area contributed by atoms with Crippen molar-refractivity contribution in [3.63, 3.8) is 0 Å². The Morgan fingerprint density at radius 3 is 2.67 bits per heavy atom. The molecule has 1 rings (SSSR count). The van der Waals surface area contributed by atoms with E-state index in [2.05, 4.69) is 10.1 Å². The average Bonchev–Trinajstić information content (AvgIpc) is 2.45. The standard InChI is InChI=1S/C12H13FN2O6/c1-6-3-7(15(19)20)4-8(10(6)13)11(17)14-5-9(16)12(18)21-2/h3-4,9,16H,5H2,1-2H3,(H,14,17). The van der Waals surface area contributed by atoms with Gasteiger partial charge >= 0.3 is 5.97 Å². The van der Waals surface area contributed by atoms with E-state index in [0.29, 0.717) is 0 Å². The number of rotatable bonds is 5. The number of amides is 1. The number of halogens is 1. The first-order valence-electron chi connectivity index (χ1n) is 5.76. The maximum atomic E-state index is 13.8. The summed E-state index contributed by atoms with van der Waals surface area (Å²) in [6.45, 7) is 0.773. The smallest absolute Gasteiger partial charge is 0.336 e. The molecule has 0 saturated heterocycles. The first-order chi connectivity index (χ1) is 9.77. The number of hydrogen-bond acceptors (Lipinski definition) is 6. The van der Waals surface area contributed by atoms with Gasteiger partial charge in [-0.15, -0.1) is 0 Å². The number of non-ortho nitro benzene ring substituents is 1. The van der Waals surface area contributed by atoms with E-state index in [1.165, 1.54) is 6.92 Å². The molecule has 1 atom stereocenters. The fraction of sp³-hybridized carbons (Fsp3) is 0.333. The van der Waals surface area contributed by atoms with Crippen molar-refractivity contribution in [3.8, 4) is 0 Å². The number of carbonyl (C=O) groups excluding carboxylic acids is 2. The molecule has 21 heavy (non-hydrogen) atoms. The Morgan fingerprint density at radius 1 is 1.52 bits per heavy atom. The topological polar surface area (TPSA) is 119 Å². The van der Waals surface area contributed by atoms with Gasteiger partial charge in [0.05, 0.1) is 24.1 Å². The molecule has 8 nitrogen and oxygen atoms in total. The number of methoxy groups -OCH3 is 1. The molecule has 1 unspecified atom stereocenters. The summed E-state index contributed by atoms with van der Waals surface area (Å²) < 4.78 is 18.0. The zero-order valence-electron chi connectivity index (χ0n) is 11.3. The van der Waals surface area contributed by atoms with Crippen LogP contribution in [0.1, 0.15) is 15.9 Å². The summed E-state index contributed by atoms with van der Waals surface area (Å²) in [5, 5.41) is 22.1. The Balaban J connectivity index is 2.92. The second-order valence-electron chi connectivity index (χ2n) is 4.13. The Hall–Kier alpha value is -2.55. The normalized spacial score (nSPS) is 11.6. The highest BCUT2D eigenvalue weighted by Crippen LogP contribution is 2.20. The Bertz CT molecular complexity index is 589. The number of nitrogens with one attached hydrogen (secondary N) is 1. The predicted molar refractivity (Wildman–Crippen MR) is 68.1 cm³/mol. The van der Waals surface area contributed by atoms with E-state index in [4.69, 9.17) is 0 Å². The van der Waals surface area contributed by atoms with E-state index < -0.39 is 46.5 Å². The molecule has 0 radical (unpaired) electrons. The SMILES string of the molecule is COC(=O)C(O)CNC(=O)c1cc([N+](=O)[O-])cc(C)c1F. The second-order valence-corrected chi connectivity index (χ2v) is 4.13. The van der Waals surface area contributed by atoms with Crippen molar-refractivity contribution < 1.29 is 28.7 Å². The van der Waals surface area contributed by atoms with Crippen LogP contribution in [0.5, 0.6) is 0 Å². The molecule has 0 aliphatic carbocycles. The monoisotopic (exact) mass is 300 g/mol. The molecule has 1 amide bonds. The van der Waals surface area contributed by atoms with Crippen molar-refractivity contribution in [2.24, 2.45) is 0 Å². The molecule has 0 aliphatic heterocycles. The number of nitrogens with zero attached hydrogens (tertiary/aromatic N) is 1. The van der Waals surface area contributed by atoms with Crippen LogP contribution in [0.2, 0.25) is 0 Å². The lowest BCUT2D eigenvalue weighted by Crippen LogP contribution is -2.37. The van der Waals surface area contributed by atoms with Gasteiger partial charge in [-0.25, -0.2) is 9.18 Å².